The van der Waals surface area contributed by atoms with E-state index in [4.69, 9.17) is 0 Å². The van der Waals surface area contributed by atoms with Crippen molar-refractivity contribution in [2.45, 2.75) is 44.7 Å². The van der Waals surface area contributed by atoms with Gasteiger partial charge in [0.25, 0.3) is 6.43 Å². The summed E-state index contributed by atoms with van der Waals surface area (Å²) in [6.45, 7) is 0. The molecule has 1 fully saturated rings. The average Bonchev–Trinajstić information content (AvgIpc) is 2.18. The quantitative estimate of drug-likeness (QED) is 0.674. The van der Waals surface area contributed by atoms with Crippen LogP contribution in [0.25, 0.3) is 0 Å². The number of hydrogen-bond acceptors (Lipinski definition) is 0. The van der Waals surface area contributed by atoms with E-state index in [1.165, 1.54) is 0 Å². The van der Waals surface area contributed by atoms with E-state index in [1.54, 1.807) is 0 Å². The summed E-state index contributed by atoms with van der Waals surface area (Å²) in [6, 6.07) is 0. The van der Waals surface area contributed by atoms with Crippen molar-refractivity contribution in [3.63, 3.8) is 0 Å². The summed E-state index contributed by atoms with van der Waals surface area (Å²) in [5.74, 6) is 0.535. The van der Waals surface area contributed by atoms with Gasteiger partial charge in [-0.25, -0.2) is 13.2 Å². The van der Waals surface area contributed by atoms with Crippen molar-refractivity contribution in [3.8, 4) is 0 Å². The highest BCUT2D eigenvalue weighted by Gasteiger charge is 2.30. The lowest BCUT2D eigenvalue weighted by Crippen LogP contribution is -2.26. The average molecular weight is 273 g/mol. The third-order valence-corrected chi connectivity index (χ3v) is 3.90. The zero-order valence-electron chi connectivity index (χ0n) is 8.06. The molecule has 3 unspecified atom stereocenters. The van der Waals surface area contributed by atoms with Crippen molar-refractivity contribution in [1.29, 1.82) is 0 Å². The lowest BCUT2D eigenvalue weighted by molar-refractivity contribution is 0.0267. The molecule has 0 heterocycles. The van der Waals surface area contributed by atoms with Crippen LogP contribution in [0.4, 0.5) is 13.2 Å². The van der Waals surface area contributed by atoms with Gasteiger partial charge in [0, 0.05) is 5.33 Å². The van der Waals surface area contributed by atoms with Gasteiger partial charge in [-0.05, 0) is 24.7 Å². The lowest BCUT2D eigenvalue weighted by Gasteiger charge is -2.31. The van der Waals surface area contributed by atoms with Gasteiger partial charge in [0.2, 0.25) is 0 Å². The molecule has 0 aromatic heterocycles. The Labute approximate surface area is 91.4 Å². The fourth-order valence-corrected chi connectivity index (χ4v) is 3.04. The first-order valence-corrected chi connectivity index (χ1v) is 6.25. The predicted molar refractivity (Wildman–Crippen MR) is 54.8 cm³/mol. The van der Waals surface area contributed by atoms with E-state index in [1.807, 2.05) is 0 Å². The van der Waals surface area contributed by atoms with E-state index >= 15 is 0 Å². The minimum absolute atomic E-state index is 0.0356. The van der Waals surface area contributed by atoms with Crippen LogP contribution in [0.3, 0.4) is 0 Å². The molecule has 0 bridgehead atoms. The molecule has 1 aliphatic carbocycles. The van der Waals surface area contributed by atoms with Crippen molar-refractivity contribution in [2.24, 2.45) is 11.8 Å². The standard InChI is InChI=1S/C10H16BrF3/c11-6-8-4-2-1-3-7(8)5-9(12)10(13)14/h7-10H,1-6H2. The van der Waals surface area contributed by atoms with Gasteiger partial charge in [-0.2, -0.15) is 0 Å². The maximum absolute atomic E-state index is 12.9. The van der Waals surface area contributed by atoms with Gasteiger partial charge in [-0.1, -0.05) is 35.2 Å². The van der Waals surface area contributed by atoms with E-state index in [9.17, 15) is 13.2 Å². The Hall–Kier alpha value is 0.270. The van der Waals surface area contributed by atoms with Gasteiger partial charge < -0.3 is 0 Å². The van der Waals surface area contributed by atoms with E-state index in [0.717, 1.165) is 31.0 Å². The summed E-state index contributed by atoms with van der Waals surface area (Å²) in [5.41, 5.74) is 0. The molecule has 0 N–H and O–H groups in total. The third kappa shape index (κ3) is 3.44. The highest BCUT2D eigenvalue weighted by molar-refractivity contribution is 9.09. The molecule has 0 aromatic rings. The van der Waals surface area contributed by atoms with Crippen molar-refractivity contribution >= 4 is 15.9 Å². The molecule has 84 valence electrons. The second-order valence-corrected chi connectivity index (χ2v) is 4.69. The zero-order valence-corrected chi connectivity index (χ0v) is 9.65. The van der Waals surface area contributed by atoms with Gasteiger partial charge in [0.05, 0.1) is 0 Å². The van der Waals surface area contributed by atoms with E-state index < -0.39 is 12.6 Å². The number of hydrogen-bond donors (Lipinski definition) is 0. The number of rotatable bonds is 4. The number of halogens is 4. The summed E-state index contributed by atoms with van der Waals surface area (Å²) in [6.07, 6.45) is -0.543. The normalized spacial score (nSPS) is 30.6. The van der Waals surface area contributed by atoms with Gasteiger partial charge in [-0.3, -0.25) is 0 Å². The Morgan fingerprint density at radius 1 is 1.07 bits per heavy atom. The molecule has 0 radical (unpaired) electrons. The Balaban J connectivity index is 2.40. The van der Waals surface area contributed by atoms with Crippen LogP contribution in [-0.4, -0.2) is 17.9 Å². The highest BCUT2D eigenvalue weighted by atomic mass is 79.9. The fraction of sp³-hybridized carbons (Fsp3) is 1.00. The molecule has 3 atom stereocenters. The monoisotopic (exact) mass is 272 g/mol. The van der Waals surface area contributed by atoms with Crippen LogP contribution in [0.1, 0.15) is 32.1 Å². The largest absolute Gasteiger partial charge is 0.269 e. The maximum Gasteiger partial charge on any atom is 0.269 e. The molecule has 0 spiro atoms. The first-order valence-electron chi connectivity index (χ1n) is 5.13. The van der Waals surface area contributed by atoms with E-state index in [0.29, 0.717) is 5.92 Å². The van der Waals surface area contributed by atoms with Gasteiger partial charge in [0.15, 0.2) is 6.17 Å². The van der Waals surface area contributed by atoms with Crippen LogP contribution in [0, 0.1) is 11.8 Å². The molecule has 0 aliphatic heterocycles. The Kier molecular flexibility index (Phi) is 5.28. The van der Waals surface area contributed by atoms with Crippen molar-refractivity contribution in [3.05, 3.63) is 0 Å². The van der Waals surface area contributed by atoms with Gasteiger partial charge in [-0.15, -0.1) is 0 Å². The minimum atomic E-state index is -2.81. The third-order valence-electron chi connectivity index (χ3n) is 3.07. The maximum atomic E-state index is 12.9. The molecule has 1 saturated carbocycles. The van der Waals surface area contributed by atoms with Crippen LogP contribution in [0.2, 0.25) is 0 Å². The minimum Gasteiger partial charge on any atom is -0.241 e. The molecule has 0 saturated heterocycles. The predicted octanol–water partition coefficient (Wildman–Crippen LogP) is 4.18. The molecular formula is C10H16BrF3. The van der Waals surface area contributed by atoms with Crippen molar-refractivity contribution < 1.29 is 13.2 Å². The van der Waals surface area contributed by atoms with Crippen LogP contribution in [0.5, 0.6) is 0 Å². The van der Waals surface area contributed by atoms with Gasteiger partial charge in [0.1, 0.15) is 0 Å². The summed E-state index contributed by atoms with van der Waals surface area (Å²) >= 11 is 3.37. The van der Waals surface area contributed by atoms with Crippen LogP contribution in [-0.2, 0) is 0 Å². The summed E-state index contributed by atoms with van der Waals surface area (Å²) in [7, 11) is 0. The number of alkyl halides is 4. The van der Waals surface area contributed by atoms with Crippen molar-refractivity contribution in [2.75, 3.05) is 5.33 Å². The van der Waals surface area contributed by atoms with E-state index in [2.05, 4.69) is 15.9 Å². The summed E-state index contributed by atoms with van der Waals surface area (Å²) in [4.78, 5) is 0. The zero-order chi connectivity index (χ0) is 10.6. The Morgan fingerprint density at radius 2 is 1.64 bits per heavy atom. The van der Waals surface area contributed by atoms with Crippen LogP contribution < -0.4 is 0 Å². The Bertz CT molecular complexity index is 163. The second kappa shape index (κ2) is 5.99. The molecule has 0 amide bonds. The van der Waals surface area contributed by atoms with Gasteiger partial charge >= 0.3 is 0 Å². The van der Waals surface area contributed by atoms with Crippen LogP contribution >= 0.6 is 15.9 Å². The fourth-order valence-electron chi connectivity index (χ4n) is 2.19. The molecule has 14 heavy (non-hydrogen) atoms. The molecule has 0 aromatic carbocycles. The first kappa shape index (κ1) is 12.3. The molecule has 1 rings (SSSR count). The van der Waals surface area contributed by atoms with E-state index in [-0.39, 0.29) is 12.3 Å². The lowest BCUT2D eigenvalue weighted by atomic mass is 9.78. The summed E-state index contributed by atoms with van der Waals surface area (Å²) in [5, 5.41) is 0.813. The second-order valence-electron chi connectivity index (χ2n) is 4.05. The molecule has 0 nitrogen and oxygen atoms in total. The Morgan fingerprint density at radius 3 is 2.14 bits per heavy atom. The molecule has 1 aliphatic rings. The van der Waals surface area contributed by atoms with Crippen LogP contribution in [0.15, 0.2) is 0 Å². The SMILES string of the molecule is FC(F)C(F)CC1CCCCC1CBr. The smallest absolute Gasteiger partial charge is 0.241 e. The van der Waals surface area contributed by atoms with Crippen molar-refractivity contribution in [1.82, 2.24) is 0 Å². The highest BCUT2D eigenvalue weighted by Crippen LogP contribution is 2.35. The molecular weight excluding hydrogens is 257 g/mol. The molecule has 4 heteroatoms. The summed E-state index contributed by atoms with van der Waals surface area (Å²) < 4.78 is 36.9. The topological polar surface area (TPSA) is 0 Å². The first-order chi connectivity index (χ1) is 6.65.